The highest BCUT2D eigenvalue weighted by molar-refractivity contribution is 5.81. The molecule has 3 heteroatoms. The number of rotatable bonds is 5. The lowest BCUT2D eigenvalue weighted by molar-refractivity contribution is -0.134. The van der Waals surface area contributed by atoms with E-state index in [-0.39, 0.29) is 6.04 Å². The van der Waals surface area contributed by atoms with Crippen molar-refractivity contribution >= 4 is 5.91 Å². The Balaban J connectivity index is 1.78. The van der Waals surface area contributed by atoms with Crippen LogP contribution in [-0.2, 0) is 4.79 Å². The van der Waals surface area contributed by atoms with Gasteiger partial charge in [0.1, 0.15) is 0 Å². The van der Waals surface area contributed by atoms with Gasteiger partial charge in [0.15, 0.2) is 0 Å². The van der Waals surface area contributed by atoms with Crippen LogP contribution in [0.15, 0.2) is 0 Å². The Bertz CT molecular complexity index is 323. The van der Waals surface area contributed by atoms with Crippen molar-refractivity contribution in [2.24, 2.45) is 11.8 Å². The Morgan fingerprint density at radius 3 is 2.48 bits per heavy atom. The van der Waals surface area contributed by atoms with Crippen LogP contribution in [0.2, 0.25) is 0 Å². The zero-order valence-corrected chi connectivity index (χ0v) is 14.2. The van der Waals surface area contributed by atoms with Crippen LogP contribution in [0, 0.1) is 11.8 Å². The zero-order valence-electron chi connectivity index (χ0n) is 14.2. The minimum absolute atomic E-state index is 0.00843. The van der Waals surface area contributed by atoms with Crippen LogP contribution in [-0.4, -0.2) is 36.0 Å². The number of hydrogen-bond acceptors (Lipinski definition) is 2. The van der Waals surface area contributed by atoms with Gasteiger partial charge in [0, 0.05) is 19.1 Å². The van der Waals surface area contributed by atoms with E-state index in [1.807, 2.05) is 0 Å². The zero-order chi connectivity index (χ0) is 15.2. The first-order valence-corrected chi connectivity index (χ1v) is 9.11. The molecule has 0 aromatic heterocycles. The van der Waals surface area contributed by atoms with Gasteiger partial charge in [0.2, 0.25) is 5.91 Å². The number of piperidine rings is 1. The van der Waals surface area contributed by atoms with Gasteiger partial charge < -0.3 is 10.2 Å². The molecular weight excluding hydrogens is 260 g/mol. The molecule has 1 heterocycles. The number of carbonyl (C=O) groups excluding carboxylic acids is 1. The molecule has 0 radical (unpaired) electrons. The fourth-order valence-corrected chi connectivity index (χ4v) is 4.14. The molecule has 1 aliphatic carbocycles. The Hall–Kier alpha value is -0.570. The van der Waals surface area contributed by atoms with Gasteiger partial charge in [-0.15, -0.1) is 0 Å². The lowest BCUT2D eigenvalue weighted by Crippen LogP contribution is -2.50. The highest BCUT2D eigenvalue weighted by Crippen LogP contribution is 2.29. The summed E-state index contributed by atoms with van der Waals surface area (Å²) in [4.78, 5) is 14.6. The number of hydrogen-bond donors (Lipinski definition) is 1. The van der Waals surface area contributed by atoms with E-state index in [2.05, 4.69) is 31.0 Å². The Morgan fingerprint density at radius 2 is 1.81 bits per heavy atom. The summed E-state index contributed by atoms with van der Waals surface area (Å²) < 4.78 is 0. The molecule has 0 aromatic rings. The van der Waals surface area contributed by atoms with Crippen molar-refractivity contribution in [2.45, 2.75) is 84.2 Å². The third-order valence-corrected chi connectivity index (χ3v) is 5.11. The largest absolute Gasteiger partial charge is 0.341 e. The Morgan fingerprint density at radius 1 is 1.10 bits per heavy atom. The highest BCUT2D eigenvalue weighted by Gasteiger charge is 2.27. The van der Waals surface area contributed by atoms with Gasteiger partial charge >= 0.3 is 0 Å². The average molecular weight is 294 g/mol. The number of nitrogens with zero attached hydrogens (tertiary/aromatic N) is 1. The smallest absolute Gasteiger partial charge is 0.239 e. The normalized spacial score (nSPS) is 28.7. The Kier molecular flexibility index (Phi) is 6.53. The molecule has 0 aromatic carbocycles. The number of amides is 1. The maximum absolute atomic E-state index is 12.5. The summed E-state index contributed by atoms with van der Waals surface area (Å²) in [5.41, 5.74) is 0. The van der Waals surface area contributed by atoms with E-state index in [0.29, 0.717) is 11.9 Å². The van der Waals surface area contributed by atoms with Crippen molar-refractivity contribution in [3.05, 3.63) is 0 Å². The minimum Gasteiger partial charge on any atom is -0.341 e. The predicted molar refractivity (Wildman–Crippen MR) is 88.2 cm³/mol. The fraction of sp³-hybridized carbons (Fsp3) is 0.944. The molecule has 2 rings (SSSR count). The number of carbonyl (C=O) groups is 1. The lowest BCUT2D eigenvalue weighted by Gasteiger charge is -2.34. The second kappa shape index (κ2) is 8.17. The maximum Gasteiger partial charge on any atom is 0.239 e. The SMILES string of the molecule is CC(C)CC1CCCC(NC(C)C(=O)N2CCCCC2)C1. The molecule has 0 spiro atoms. The van der Waals surface area contributed by atoms with Crippen molar-refractivity contribution in [1.82, 2.24) is 10.2 Å². The number of nitrogens with one attached hydrogen (secondary N) is 1. The third-order valence-electron chi connectivity index (χ3n) is 5.11. The van der Waals surface area contributed by atoms with Gasteiger partial charge in [-0.05, 0) is 57.3 Å². The van der Waals surface area contributed by atoms with Crippen molar-refractivity contribution in [3.8, 4) is 0 Å². The molecule has 3 nitrogen and oxygen atoms in total. The minimum atomic E-state index is -0.00843. The van der Waals surface area contributed by atoms with Crippen molar-refractivity contribution in [2.75, 3.05) is 13.1 Å². The first kappa shape index (κ1) is 16.8. The van der Waals surface area contributed by atoms with E-state index in [9.17, 15) is 4.79 Å². The van der Waals surface area contributed by atoms with Crippen LogP contribution in [0.4, 0.5) is 0 Å². The molecule has 1 aliphatic heterocycles. The summed E-state index contributed by atoms with van der Waals surface area (Å²) in [5, 5.41) is 3.63. The van der Waals surface area contributed by atoms with Gasteiger partial charge in [-0.1, -0.05) is 26.7 Å². The van der Waals surface area contributed by atoms with Gasteiger partial charge in [-0.2, -0.15) is 0 Å². The molecule has 3 unspecified atom stereocenters. The molecule has 122 valence electrons. The summed E-state index contributed by atoms with van der Waals surface area (Å²) in [5.74, 6) is 1.97. The van der Waals surface area contributed by atoms with Gasteiger partial charge in [0.05, 0.1) is 6.04 Å². The van der Waals surface area contributed by atoms with E-state index in [0.717, 1.165) is 24.9 Å². The molecule has 0 bridgehead atoms. The van der Waals surface area contributed by atoms with Crippen LogP contribution in [0.5, 0.6) is 0 Å². The Labute approximate surface area is 130 Å². The molecular formula is C18H34N2O. The monoisotopic (exact) mass is 294 g/mol. The van der Waals surface area contributed by atoms with E-state index in [4.69, 9.17) is 0 Å². The molecule has 1 N–H and O–H groups in total. The molecule has 3 atom stereocenters. The second-order valence-electron chi connectivity index (χ2n) is 7.63. The van der Waals surface area contributed by atoms with E-state index in [1.165, 1.54) is 51.4 Å². The molecule has 1 saturated carbocycles. The fourth-order valence-electron chi connectivity index (χ4n) is 4.14. The van der Waals surface area contributed by atoms with Crippen LogP contribution < -0.4 is 5.32 Å². The lowest BCUT2D eigenvalue weighted by atomic mass is 9.81. The predicted octanol–water partition coefficient (Wildman–Crippen LogP) is 3.58. The van der Waals surface area contributed by atoms with Gasteiger partial charge in [0.25, 0.3) is 0 Å². The summed E-state index contributed by atoms with van der Waals surface area (Å²) in [7, 11) is 0. The first-order valence-electron chi connectivity index (χ1n) is 9.11. The van der Waals surface area contributed by atoms with E-state index >= 15 is 0 Å². The van der Waals surface area contributed by atoms with Gasteiger partial charge in [-0.25, -0.2) is 0 Å². The van der Waals surface area contributed by atoms with E-state index in [1.54, 1.807) is 0 Å². The first-order chi connectivity index (χ1) is 10.1. The van der Waals surface area contributed by atoms with Crippen molar-refractivity contribution < 1.29 is 4.79 Å². The van der Waals surface area contributed by atoms with Gasteiger partial charge in [-0.3, -0.25) is 4.79 Å². The average Bonchev–Trinajstić information content (AvgIpc) is 2.47. The molecule has 21 heavy (non-hydrogen) atoms. The van der Waals surface area contributed by atoms with Crippen LogP contribution >= 0.6 is 0 Å². The molecule has 2 fully saturated rings. The molecule has 1 amide bonds. The maximum atomic E-state index is 12.5. The third kappa shape index (κ3) is 5.28. The second-order valence-corrected chi connectivity index (χ2v) is 7.63. The quantitative estimate of drug-likeness (QED) is 0.840. The van der Waals surface area contributed by atoms with Crippen molar-refractivity contribution in [3.63, 3.8) is 0 Å². The summed E-state index contributed by atoms with van der Waals surface area (Å²) in [6, 6.07) is 0.539. The summed E-state index contributed by atoms with van der Waals surface area (Å²) in [6.45, 7) is 8.62. The summed E-state index contributed by atoms with van der Waals surface area (Å²) in [6.07, 6.45) is 10.2. The number of likely N-dealkylation sites (tertiary alicyclic amines) is 1. The summed E-state index contributed by atoms with van der Waals surface area (Å²) >= 11 is 0. The highest BCUT2D eigenvalue weighted by atomic mass is 16.2. The van der Waals surface area contributed by atoms with E-state index < -0.39 is 0 Å². The molecule has 2 aliphatic rings. The topological polar surface area (TPSA) is 32.3 Å². The van der Waals surface area contributed by atoms with Crippen LogP contribution in [0.3, 0.4) is 0 Å². The van der Waals surface area contributed by atoms with Crippen LogP contribution in [0.25, 0.3) is 0 Å². The van der Waals surface area contributed by atoms with Crippen molar-refractivity contribution in [1.29, 1.82) is 0 Å². The molecule has 1 saturated heterocycles. The standard InChI is InChI=1S/C18H34N2O/c1-14(2)12-16-8-7-9-17(13-16)19-15(3)18(21)20-10-5-4-6-11-20/h14-17,19H,4-13H2,1-3H3. The van der Waals surface area contributed by atoms with Crippen LogP contribution in [0.1, 0.15) is 72.1 Å².